The molecule has 1 aliphatic rings. The standard InChI is InChI=1S/C26H29Cl2N5O2S2/c1-5-26(2,3)15-6-8-17-18(12-29)24(37-21(17)10-15)30-23(34)14-36-25-32-31-22(33(25)4)13-35-20-11-16(27)7-9-19(20)28/h7,9,11,15H,5-6,8,10,13-14H2,1-4H3,(H,30,34). The Hall–Kier alpha value is -2.25. The fourth-order valence-electron chi connectivity index (χ4n) is 4.37. The van der Waals surface area contributed by atoms with Gasteiger partial charge in [0.15, 0.2) is 11.0 Å². The van der Waals surface area contributed by atoms with E-state index in [0.717, 1.165) is 31.2 Å². The monoisotopic (exact) mass is 577 g/mol. The van der Waals surface area contributed by atoms with Crippen LogP contribution in [0, 0.1) is 22.7 Å². The number of halogens is 2. The van der Waals surface area contributed by atoms with Crippen LogP contribution in [0.3, 0.4) is 0 Å². The number of anilines is 1. The molecule has 7 nitrogen and oxygen atoms in total. The summed E-state index contributed by atoms with van der Waals surface area (Å²) < 4.78 is 7.52. The molecule has 1 N–H and O–H groups in total. The number of fused-ring (bicyclic) bond motifs is 1. The second-order valence-electron chi connectivity index (χ2n) is 9.76. The third-order valence-corrected chi connectivity index (χ3v) is 9.89. The van der Waals surface area contributed by atoms with Crippen LogP contribution in [0.4, 0.5) is 5.00 Å². The van der Waals surface area contributed by atoms with Gasteiger partial charge in [0.2, 0.25) is 5.91 Å². The molecular formula is C26H29Cl2N5O2S2. The van der Waals surface area contributed by atoms with Gasteiger partial charge in [-0.3, -0.25) is 4.79 Å². The molecule has 3 aromatic rings. The highest BCUT2D eigenvalue weighted by Gasteiger charge is 2.34. The highest BCUT2D eigenvalue weighted by Crippen LogP contribution is 2.45. The van der Waals surface area contributed by atoms with Crippen LogP contribution in [0.1, 0.15) is 55.4 Å². The molecule has 2 heterocycles. The Kier molecular flexibility index (Phi) is 8.74. The maximum absolute atomic E-state index is 12.8. The fourth-order valence-corrected chi connectivity index (χ4v) is 6.73. The Morgan fingerprint density at radius 2 is 2.16 bits per heavy atom. The lowest BCUT2D eigenvalue weighted by Gasteiger charge is -2.36. The molecule has 2 aromatic heterocycles. The average molecular weight is 579 g/mol. The summed E-state index contributed by atoms with van der Waals surface area (Å²) >= 11 is 15.0. The van der Waals surface area contributed by atoms with Crippen molar-refractivity contribution < 1.29 is 9.53 Å². The minimum absolute atomic E-state index is 0.145. The van der Waals surface area contributed by atoms with Crippen LogP contribution in [-0.2, 0) is 31.3 Å². The fraction of sp³-hybridized carbons (Fsp3) is 0.462. The Balaban J connectivity index is 1.36. The van der Waals surface area contributed by atoms with Crippen molar-refractivity contribution in [1.82, 2.24) is 14.8 Å². The van der Waals surface area contributed by atoms with Crippen LogP contribution in [0.25, 0.3) is 0 Å². The number of rotatable bonds is 9. The first-order valence-electron chi connectivity index (χ1n) is 12.1. The first-order valence-corrected chi connectivity index (χ1v) is 14.6. The van der Waals surface area contributed by atoms with E-state index in [-0.39, 0.29) is 23.7 Å². The van der Waals surface area contributed by atoms with Crippen molar-refractivity contribution >= 4 is 57.2 Å². The van der Waals surface area contributed by atoms with Gasteiger partial charge < -0.3 is 14.6 Å². The van der Waals surface area contributed by atoms with Gasteiger partial charge in [-0.25, -0.2) is 0 Å². The summed E-state index contributed by atoms with van der Waals surface area (Å²) in [6, 6.07) is 7.33. The highest BCUT2D eigenvalue weighted by molar-refractivity contribution is 7.99. The number of ether oxygens (including phenoxy) is 1. The third kappa shape index (κ3) is 6.26. The first-order chi connectivity index (χ1) is 17.6. The quantitative estimate of drug-likeness (QED) is 0.278. The molecule has 1 unspecified atom stereocenters. The molecule has 11 heteroatoms. The van der Waals surface area contributed by atoms with Gasteiger partial charge >= 0.3 is 0 Å². The number of thiophene rings is 1. The predicted octanol–water partition coefficient (Wildman–Crippen LogP) is 6.91. The van der Waals surface area contributed by atoms with E-state index in [1.807, 2.05) is 7.05 Å². The van der Waals surface area contributed by atoms with Gasteiger partial charge in [0.1, 0.15) is 23.4 Å². The van der Waals surface area contributed by atoms with Crippen molar-refractivity contribution in [3.8, 4) is 11.8 Å². The van der Waals surface area contributed by atoms with Crippen molar-refractivity contribution in [3.63, 3.8) is 0 Å². The van der Waals surface area contributed by atoms with E-state index < -0.39 is 0 Å². The second kappa shape index (κ2) is 11.6. The summed E-state index contributed by atoms with van der Waals surface area (Å²) in [5, 5.41) is 23.3. The maximum Gasteiger partial charge on any atom is 0.235 e. The summed E-state index contributed by atoms with van der Waals surface area (Å²) in [4.78, 5) is 14.0. The zero-order valence-electron chi connectivity index (χ0n) is 21.2. The maximum atomic E-state index is 12.8. The van der Waals surface area contributed by atoms with E-state index in [9.17, 15) is 10.1 Å². The lowest BCUT2D eigenvalue weighted by atomic mass is 9.69. The number of thioether (sulfide) groups is 1. The molecule has 4 rings (SSSR count). The van der Waals surface area contributed by atoms with Crippen LogP contribution >= 0.6 is 46.3 Å². The van der Waals surface area contributed by atoms with Crippen LogP contribution < -0.4 is 10.1 Å². The van der Waals surface area contributed by atoms with Gasteiger partial charge in [0.05, 0.1) is 16.3 Å². The lowest BCUT2D eigenvalue weighted by Crippen LogP contribution is -2.28. The number of carbonyl (C=O) groups excluding carboxylic acids is 1. The molecule has 37 heavy (non-hydrogen) atoms. The van der Waals surface area contributed by atoms with Gasteiger partial charge in [-0.2, -0.15) is 5.26 Å². The molecule has 1 amide bonds. The van der Waals surface area contributed by atoms with Gasteiger partial charge in [0.25, 0.3) is 0 Å². The summed E-state index contributed by atoms with van der Waals surface area (Å²) in [6.45, 7) is 7.02. The predicted molar refractivity (Wildman–Crippen MR) is 150 cm³/mol. The molecular weight excluding hydrogens is 549 g/mol. The number of carbonyl (C=O) groups is 1. The van der Waals surface area contributed by atoms with Gasteiger partial charge in [-0.15, -0.1) is 21.5 Å². The summed E-state index contributed by atoms with van der Waals surface area (Å²) in [7, 11) is 1.81. The Labute approximate surface area is 235 Å². The van der Waals surface area contributed by atoms with E-state index in [1.54, 1.807) is 34.1 Å². The van der Waals surface area contributed by atoms with Crippen molar-refractivity contribution in [2.24, 2.45) is 18.4 Å². The summed E-state index contributed by atoms with van der Waals surface area (Å²) in [5.74, 6) is 1.59. The highest BCUT2D eigenvalue weighted by atomic mass is 35.5. The van der Waals surface area contributed by atoms with Gasteiger partial charge in [-0.1, -0.05) is 62.2 Å². The lowest BCUT2D eigenvalue weighted by molar-refractivity contribution is -0.113. The zero-order valence-corrected chi connectivity index (χ0v) is 24.4. The largest absolute Gasteiger partial charge is 0.484 e. The second-order valence-corrected chi connectivity index (χ2v) is 12.7. The van der Waals surface area contributed by atoms with E-state index in [2.05, 4.69) is 42.4 Å². The van der Waals surface area contributed by atoms with E-state index in [0.29, 0.717) is 43.3 Å². The first kappa shape index (κ1) is 27.8. The number of amides is 1. The summed E-state index contributed by atoms with van der Waals surface area (Å²) in [5.41, 5.74) is 1.98. The minimum Gasteiger partial charge on any atom is -0.484 e. The number of nitrogens with one attached hydrogen (secondary N) is 1. The SMILES string of the molecule is CCC(C)(C)C1CCc2c(sc(NC(=O)CSc3nnc(COc4cc(Cl)ccc4Cl)n3C)c2C#N)C1. The number of nitriles is 1. The molecule has 0 bridgehead atoms. The van der Waals surface area contributed by atoms with Crippen molar-refractivity contribution in [3.05, 3.63) is 50.1 Å². The van der Waals surface area contributed by atoms with Crippen LogP contribution in [0.5, 0.6) is 5.75 Å². The smallest absolute Gasteiger partial charge is 0.235 e. The third-order valence-electron chi connectivity index (χ3n) is 7.15. The van der Waals surface area contributed by atoms with Crippen LogP contribution in [0.15, 0.2) is 23.4 Å². The number of aromatic nitrogens is 3. The Morgan fingerprint density at radius 1 is 1.38 bits per heavy atom. The molecule has 0 fully saturated rings. The number of hydrogen-bond donors (Lipinski definition) is 1. The molecule has 0 saturated heterocycles. The number of nitrogens with zero attached hydrogens (tertiary/aromatic N) is 4. The van der Waals surface area contributed by atoms with E-state index in [1.165, 1.54) is 16.6 Å². The summed E-state index contributed by atoms with van der Waals surface area (Å²) in [6.07, 6.45) is 4.04. The number of benzene rings is 1. The van der Waals surface area contributed by atoms with Gasteiger partial charge in [0, 0.05) is 23.0 Å². The van der Waals surface area contributed by atoms with Crippen LogP contribution in [0.2, 0.25) is 10.0 Å². The topological polar surface area (TPSA) is 92.8 Å². The normalized spacial score (nSPS) is 15.2. The number of hydrogen-bond acceptors (Lipinski definition) is 7. The molecule has 0 aliphatic heterocycles. The molecule has 0 saturated carbocycles. The molecule has 0 radical (unpaired) electrons. The molecule has 196 valence electrons. The van der Waals surface area contributed by atoms with E-state index >= 15 is 0 Å². The Bertz CT molecular complexity index is 1350. The van der Waals surface area contributed by atoms with E-state index in [4.69, 9.17) is 27.9 Å². The Morgan fingerprint density at radius 3 is 2.89 bits per heavy atom. The van der Waals surface area contributed by atoms with Crippen molar-refractivity contribution in [1.29, 1.82) is 5.26 Å². The molecule has 1 atom stereocenters. The molecule has 1 aromatic carbocycles. The van der Waals surface area contributed by atoms with Crippen molar-refractivity contribution in [2.75, 3.05) is 11.1 Å². The molecule has 1 aliphatic carbocycles. The average Bonchev–Trinajstić information content (AvgIpc) is 3.41. The van der Waals surface area contributed by atoms with Crippen molar-refractivity contribution in [2.45, 2.75) is 58.2 Å². The minimum atomic E-state index is -0.183. The van der Waals surface area contributed by atoms with Crippen LogP contribution in [-0.4, -0.2) is 26.4 Å². The zero-order chi connectivity index (χ0) is 26.7. The van der Waals surface area contributed by atoms with Gasteiger partial charge in [-0.05, 0) is 48.3 Å². The molecule has 0 spiro atoms.